The number of nitrogens with two attached hydrogens (primary N) is 1. The van der Waals surface area contributed by atoms with Crippen LogP contribution < -0.4 is 15.4 Å². The number of rotatable bonds is 4. The van der Waals surface area contributed by atoms with Crippen LogP contribution in [-0.2, 0) is 11.3 Å². The number of methoxy groups -OCH3 is 1. The van der Waals surface area contributed by atoms with Gasteiger partial charge in [-0.05, 0) is 41.9 Å². The summed E-state index contributed by atoms with van der Waals surface area (Å²) in [5.41, 5.74) is 9.83. The summed E-state index contributed by atoms with van der Waals surface area (Å²) in [6.07, 6.45) is 5.21. The Bertz CT molecular complexity index is 1210. The highest BCUT2D eigenvalue weighted by molar-refractivity contribution is 9.10. The van der Waals surface area contributed by atoms with Crippen LogP contribution >= 0.6 is 27.5 Å². The monoisotopic (exact) mass is 488 g/mol. The molecule has 4 rings (SSSR count). The Morgan fingerprint density at radius 1 is 1.37 bits per heavy atom. The molecule has 0 fully saturated rings. The van der Waals surface area contributed by atoms with E-state index in [0.29, 0.717) is 22.6 Å². The maximum atomic E-state index is 13.4. The quantitative estimate of drug-likeness (QED) is 0.425. The van der Waals surface area contributed by atoms with Crippen molar-refractivity contribution in [2.75, 3.05) is 17.7 Å². The van der Waals surface area contributed by atoms with E-state index in [0.717, 1.165) is 27.0 Å². The van der Waals surface area contributed by atoms with Gasteiger partial charge < -0.3 is 15.5 Å². The van der Waals surface area contributed by atoms with E-state index in [2.05, 4.69) is 35.9 Å². The smallest absolute Gasteiger partial charge is 0.260 e. The first kappa shape index (κ1) is 20.4. The number of hydrogen-bond donors (Lipinski definition) is 2. The zero-order valence-corrected chi connectivity index (χ0v) is 18.8. The third kappa shape index (κ3) is 3.44. The first-order chi connectivity index (χ1) is 14.3. The molecule has 154 valence electrons. The van der Waals surface area contributed by atoms with Gasteiger partial charge >= 0.3 is 0 Å². The van der Waals surface area contributed by atoms with E-state index in [9.17, 15) is 4.79 Å². The molecule has 0 aliphatic carbocycles. The molecule has 1 aliphatic heterocycles. The molecule has 3 aromatic rings. The summed E-state index contributed by atoms with van der Waals surface area (Å²) in [6, 6.07) is 1.85. The van der Waals surface area contributed by atoms with Crippen LogP contribution in [0.15, 0.2) is 22.9 Å². The van der Waals surface area contributed by atoms with Crippen LogP contribution in [0.2, 0.25) is 5.15 Å². The molecule has 1 amide bonds. The number of H-pyrrole nitrogens is 1. The summed E-state index contributed by atoms with van der Waals surface area (Å²) in [7, 11) is 1.61. The molecule has 0 saturated heterocycles. The number of carbonyl (C=O) groups is 1. The predicted molar refractivity (Wildman–Crippen MR) is 119 cm³/mol. The highest BCUT2D eigenvalue weighted by Gasteiger charge is 2.37. The number of carbonyl (C=O) groups excluding carboxylic acids is 1. The highest BCUT2D eigenvalue weighted by Crippen LogP contribution is 2.41. The number of pyridine rings is 1. The lowest BCUT2D eigenvalue weighted by Crippen LogP contribution is -2.27. The molecular weight excluding hydrogens is 472 g/mol. The number of anilines is 2. The summed E-state index contributed by atoms with van der Waals surface area (Å²) < 4.78 is 6.35. The van der Waals surface area contributed by atoms with Crippen molar-refractivity contribution in [2.45, 2.75) is 20.4 Å². The van der Waals surface area contributed by atoms with Crippen LogP contribution in [0.3, 0.4) is 0 Å². The van der Waals surface area contributed by atoms with E-state index in [1.165, 1.54) is 4.90 Å². The van der Waals surface area contributed by atoms with Gasteiger partial charge in [-0.15, -0.1) is 0 Å². The van der Waals surface area contributed by atoms with Gasteiger partial charge in [0, 0.05) is 33.7 Å². The van der Waals surface area contributed by atoms with Crippen molar-refractivity contribution in [2.24, 2.45) is 0 Å². The summed E-state index contributed by atoms with van der Waals surface area (Å²) in [6.45, 7) is 4.01. The Labute approximate surface area is 186 Å². The minimum atomic E-state index is -0.265. The second-order valence-corrected chi connectivity index (χ2v) is 8.11. The van der Waals surface area contributed by atoms with Crippen LogP contribution in [0.4, 0.5) is 11.8 Å². The van der Waals surface area contributed by atoms with Gasteiger partial charge in [-0.25, -0.2) is 4.98 Å². The largest absolute Gasteiger partial charge is 0.496 e. The molecule has 8 nitrogen and oxygen atoms in total. The van der Waals surface area contributed by atoms with E-state index in [4.69, 9.17) is 22.1 Å². The molecule has 0 radical (unpaired) electrons. The Kier molecular flexibility index (Phi) is 5.25. The van der Waals surface area contributed by atoms with Gasteiger partial charge in [-0.2, -0.15) is 4.98 Å². The molecular formula is C20H18BrClN6O2. The fourth-order valence-electron chi connectivity index (χ4n) is 3.50. The molecule has 0 unspecified atom stereocenters. The minimum Gasteiger partial charge on any atom is -0.496 e. The fourth-order valence-corrected chi connectivity index (χ4v) is 4.13. The van der Waals surface area contributed by atoms with Crippen LogP contribution in [0.1, 0.15) is 28.1 Å². The molecule has 0 saturated carbocycles. The summed E-state index contributed by atoms with van der Waals surface area (Å²) in [4.78, 5) is 30.8. The number of nitrogens with one attached hydrogen (secondary N) is 1. The van der Waals surface area contributed by atoms with Gasteiger partial charge in [-0.3, -0.25) is 14.7 Å². The molecule has 10 heteroatoms. The Hall–Kier alpha value is -2.91. The first-order valence-corrected chi connectivity index (χ1v) is 10.2. The van der Waals surface area contributed by atoms with Gasteiger partial charge in [-0.1, -0.05) is 11.6 Å². The number of fused-ring (bicyclic) bond motifs is 1. The molecule has 0 spiro atoms. The number of halogens is 2. The van der Waals surface area contributed by atoms with E-state index in [-0.39, 0.29) is 23.6 Å². The zero-order valence-electron chi connectivity index (χ0n) is 16.5. The lowest BCUT2D eigenvalue weighted by Gasteiger charge is -2.19. The van der Waals surface area contributed by atoms with Crippen LogP contribution in [0.25, 0.3) is 11.6 Å². The second-order valence-electron chi connectivity index (χ2n) is 6.84. The van der Waals surface area contributed by atoms with Crippen molar-refractivity contribution in [3.05, 3.63) is 56.2 Å². The maximum absolute atomic E-state index is 13.4. The molecule has 4 heterocycles. The van der Waals surface area contributed by atoms with Crippen molar-refractivity contribution in [1.82, 2.24) is 19.9 Å². The van der Waals surface area contributed by atoms with E-state index < -0.39 is 0 Å². The van der Waals surface area contributed by atoms with Crippen LogP contribution in [0, 0.1) is 13.8 Å². The van der Waals surface area contributed by atoms with Gasteiger partial charge in [0.1, 0.15) is 10.9 Å². The lowest BCUT2D eigenvalue weighted by molar-refractivity contribution is -0.113. The molecule has 1 aliphatic rings. The third-order valence-electron chi connectivity index (χ3n) is 4.89. The summed E-state index contributed by atoms with van der Waals surface area (Å²) in [5, 5.41) is 0.122. The summed E-state index contributed by atoms with van der Waals surface area (Å²) in [5.74, 6) is 0.819. The first-order valence-electron chi connectivity index (χ1n) is 9.00. The number of ether oxygens (including phenoxy) is 1. The number of nitrogen functional groups attached to an aromatic ring is 1. The Morgan fingerprint density at radius 3 is 2.80 bits per heavy atom. The van der Waals surface area contributed by atoms with Crippen molar-refractivity contribution >= 4 is 56.9 Å². The molecule has 30 heavy (non-hydrogen) atoms. The Balaban J connectivity index is 1.83. The Morgan fingerprint density at radius 2 is 2.13 bits per heavy atom. The lowest BCUT2D eigenvalue weighted by atomic mass is 10.1. The zero-order chi connectivity index (χ0) is 21.6. The third-order valence-corrected chi connectivity index (χ3v) is 5.62. The van der Waals surface area contributed by atoms with E-state index in [1.807, 2.05) is 19.9 Å². The molecule has 0 atom stereocenters. The molecule has 0 bridgehead atoms. The minimum absolute atomic E-state index is 0.00779. The molecule has 3 aromatic heterocycles. The standard InChI is InChI=1S/C20H18BrClN6O2/c1-9-6-25-14(10(2)16(9)30-3)8-28-18-15(17(22)26-20(23)27-18)13(19(28)29)5-12-4-11(21)7-24-12/h4-7,24H,8H2,1-3H3,(H2,23,26,27)/b13-5-. The topological polar surface area (TPSA) is 110 Å². The SMILES string of the molecule is COc1c(C)cnc(CN2C(=O)/C(=C\c3cc(Br)c[nH]3)c3c(Cl)nc(N)nc32)c1C. The number of nitrogens with zero attached hydrogens (tertiary/aromatic N) is 4. The van der Waals surface area contributed by atoms with Gasteiger partial charge in [0.05, 0.1) is 30.5 Å². The maximum Gasteiger partial charge on any atom is 0.260 e. The average Bonchev–Trinajstić information content (AvgIpc) is 3.20. The van der Waals surface area contributed by atoms with Crippen molar-refractivity contribution in [3.8, 4) is 5.75 Å². The number of aromatic amines is 1. The molecule has 0 aromatic carbocycles. The average molecular weight is 490 g/mol. The van der Waals surface area contributed by atoms with E-state index in [1.54, 1.807) is 25.6 Å². The number of aromatic nitrogens is 4. The second kappa shape index (κ2) is 7.73. The predicted octanol–water partition coefficient (Wildman–Crippen LogP) is 3.91. The number of amides is 1. The van der Waals surface area contributed by atoms with Crippen LogP contribution in [0.5, 0.6) is 5.75 Å². The number of hydrogen-bond acceptors (Lipinski definition) is 6. The van der Waals surface area contributed by atoms with Crippen LogP contribution in [-0.4, -0.2) is 33.0 Å². The van der Waals surface area contributed by atoms with E-state index >= 15 is 0 Å². The normalized spacial score (nSPS) is 14.5. The summed E-state index contributed by atoms with van der Waals surface area (Å²) >= 11 is 9.76. The van der Waals surface area contributed by atoms with Crippen molar-refractivity contribution < 1.29 is 9.53 Å². The number of aryl methyl sites for hydroxylation is 1. The van der Waals surface area contributed by atoms with Gasteiger partial charge in [0.25, 0.3) is 5.91 Å². The fraction of sp³-hybridized carbons (Fsp3) is 0.200. The van der Waals surface area contributed by atoms with Gasteiger partial charge in [0.2, 0.25) is 5.95 Å². The molecule has 3 N–H and O–H groups in total. The van der Waals surface area contributed by atoms with Crippen molar-refractivity contribution in [3.63, 3.8) is 0 Å². The van der Waals surface area contributed by atoms with Crippen molar-refractivity contribution in [1.29, 1.82) is 0 Å². The highest BCUT2D eigenvalue weighted by atomic mass is 79.9. The van der Waals surface area contributed by atoms with Gasteiger partial charge in [0.15, 0.2) is 5.82 Å².